The molecule has 3 saturated heterocycles. The lowest BCUT2D eigenvalue weighted by Crippen LogP contribution is -2.46. The lowest BCUT2D eigenvalue weighted by atomic mass is 9.81. The van der Waals surface area contributed by atoms with E-state index in [1.54, 1.807) is 12.0 Å². The highest BCUT2D eigenvalue weighted by Crippen LogP contribution is 2.47. The van der Waals surface area contributed by atoms with E-state index in [4.69, 9.17) is 4.74 Å². The molecule has 6 heteroatoms. The summed E-state index contributed by atoms with van der Waals surface area (Å²) in [6, 6.07) is 0.234. The smallest absolute Gasteiger partial charge is 0.227 e. The first-order chi connectivity index (χ1) is 8.53. The Morgan fingerprint density at radius 3 is 2.44 bits per heavy atom. The van der Waals surface area contributed by atoms with Crippen molar-refractivity contribution in [2.75, 3.05) is 13.7 Å². The first kappa shape index (κ1) is 11.6. The predicted octanol–water partition coefficient (Wildman–Crippen LogP) is -0.571. The number of fused-ring (bicyclic) bond motifs is 1. The minimum atomic E-state index is -0.487. The van der Waals surface area contributed by atoms with Crippen LogP contribution in [0, 0.1) is 5.92 Å². The zero-order valence-corrected chi connectivity index (χ0v) is 10.3. The van der Waals surface area contributed by atoms with Gasteiger partial charge in [0.15, 0.2) is 0 Å². The van der Waals surface area contributed by atoms with Crippen LogP contribution in [-0.4, -0.2) is 47.9 Å². The number of carbonyl (C=O) groups is 3. The molecule has 6 nitrogen and oxygen atoms in total. The Bertz CT molecular complexity index is 412. The molecule has 0 atom stereocenters. The molecule has 1 saturated carbocycles. The molecular weight excluding hydrogens is 236 g/mol. The van der Waals surface area contributed by atoms with Crippen LogP contribution >= 0.6 is 0 Å². The zero-order chi connectivity index (χ0) is 12.9. The van der Waals surface area contributed by atoms with Crippen LogP contribution in [0.3, 0.4) is 0 Å². The Morgan fingerprint density at radius 2 is 1.94 bits per heavy atom. The largest absolute Gasteiger partial charge is 0.376 e. The van der Waals surface area contributed by atoms with E-state index in [9.17, 15) is 14.4 Å². The lowest BCUT2D eigenvalue weighted by Gasteiger charge is -2.35. The van der Waals surface area contributed by atoms with Gasteiger partial charge in [0.1, 0.15) is 0 Å². The summed E-state index contributed by atoms with van der Waals surface area (Å²) in [5, 5.41) is 2.22. The van der Waals surface area contributed by atoms with Crippen LogP contribution in [0.15, 0.2) is 0 Å². The Balaban J connectivity index is 1.69. The van der Waals surface area contributed by atoms with Crippen molar-refractivity contribution in [1.29, 1.82) is 0 Å². The van der Waals surface area contributed by atoms with Crippen molar-refractivity contribution in [3.63, 3.8) is 0 Å². The quantitative estimate of drug-likeness (QED) is 0.668. The first-order valence-electron chi connectivity index (χ1n) is 6.21. The highest BCUT2D eigenvalue weighted by Gasteiger charge is 2.58. The second kappa shape index (κ2) is 3.78. The SMILES string of the molecule is COC12CC(C1)N(C(=O)C1CC(=O)NC(=O)C1)C2. The van der Waals surface area contributed by atoms with Crippen LogP contribution in [0.4, 0.5) is 0 Å². The normalized spacial score (nSPS) is 35.4. The van der Waals surface area contributed by atoms with Gasteiger partial charge in [-0.3, -0.25) is 19.7 Å². The summed E-state index contributed by atoms with van der Waals surface area (Å²) >= 11 is 0. The van der Waals surface area contributed by atoms with Crippen molar-refractivity contribution in [3.05, 3.63) is 0 Å². The summed E-state index contributed by atoms with van der Waals surface area (Å²) in [6.45, 7) is 0.597. The maximum Gasteiger partial charge on any atom is 0.227 e. The van der Waals surface area contributed by atoms with Gasteiger partial charge in [0.05, 0.1) is 18.1 Å². The van der Waals surface area contributed by atoms with Crippen LogP contribution in [0.2, 0.25) is 0 Å². The van der Waals surface area contributed by atoms with E-state index >= 15 is 0 Å². The van der Waals surface area contributed by atoms with Crippen LogP contribution in [0.25, 0.3) is 0 Å². The Kier molecular flexibility index (Phi) is 2.45. The van der Waals surface area contributed by atoms with Crippen molar-refractivity contribution in [2.45, 2.75) is 37.3 Å². The molecular formula is C12H16N2O4. The van der Waals surface area contributed by atoms with Crippen molar-refractivity contribution in [3.8, 4) is 0 Å². The summed E-state index contributed by atoms with van der Waals surface area (Å²) in [5.41, 5.74) is -0.165. The third-order valence-corrected chi connectivity index (χ3v) is 4.32. The molecule has 2 bridgehead atoms. The van der Waals surface area contributed by atoms with Crippen LogP contribution in [0.1, 0.15) is 25.7 Å². The van der Waals surface area contributed by atoms with Gasteiger partial charge >= 0.3 is 0 Å². The van der Waals surface area contributed by atoms with Crippen LogP contribution in [0.5, 0.6) is 0 Å². The number of imide groups is 1. The summed E-state index contributed by atoms with van der Waals surface area (Å²) in [4.78, 5) is 36.7. The maximum atomic E-state index is 12.3. The van der Waals surface area contributed by atoms with Crippen LogP contribution < -0.4 is 5.32 Å². The Hall–Kier alpha value is -1.43. The number of piperidine rings is 1. The molecule has 98 valence electrons. The average molecular weight is 252 g/mol. The fourth-order valence-corrected chi connectivity index (χ4v) is 3.26. The number of amides is 3. The minimum Gasteiger partial charge on any atom is -0.376 e. The monoisotopic (exact) mass is 252 g/mol. The van der Waals surface area contributed by atoms with E-state index in [0.717, 1.165) is 12.8 Å². The van der Waals surface area contributed by atoms with Gasteiger partial charge in [-0.05, 0) is 12.8 Å². The third kappa shape index (κ3) is 1.63. The minimum absolute atomic E-state index is 0.0698. The molecule has 3 heterocycles. The molecule has 3 aliphatic heterocycles. The zero-order valence-electron chi connectivity index (χ0n) is 10.3. The standard InChI is InChI=1S/C12H16N2O4/c1-18-12-4-8(5-12)14(6-12)11(17)7-2-9(15)13-10(16)3-7/h7-8H,2-6H2,1H3,(H,13,15,16). The topological polar surface area (TPSA) is 75.7 Å². The van der Waals surface area contributed by atoms with E-state index in [2.05, 4.69) is 5.32 Å². The van der Waals surface area contributed by atoms with E-state index in [1.807, 2.05) is 0 Å². The second-order valence-corrected chi connectivity index (χ2v) is 5.49. The molecule has 3 amide bonds. The van der Waals surface area contributed by atoms with Crippen molar-refractivity contribution >= 4 is 17.7 Å². The number of carbonyl (C=O) groups excluding carboxylic acids is 3. The van der Waals surface area contributed by atoms with E-state index < -0.39 is 5.92 Å². The molecule has 1 N–H and O–H groups in total. The van der Waals surface area contributed by atoms with Gasteiger partial charge in [-0.25, -0.2) is 0 Å². The van der Waals surface area contributed by atoms with E-state index in [1.165, 1.54) is 0 Å². The second-order valence-electron chi connectivity index (χ2n) is 5.49. The number of nitrogens with zero attached hydrogens (tertiary/aromatic N) is 1. The highest BCUT2D eigenvalue weighted by atomic mass is 16.5. The molecule has 0 unspecified atom stereocenters. The van der Waals surface area contributed by atoms with Crippen molar-refractivity contribution in [2.24, 2.45) is 5.92 Å². The third-order valence-electron chi connectivity index (χ3n) is 4.32. The average Bonchev–Trinajstić information content (AvgIpc) is 2.81. The highest BCUT2D eigenvalue weighted by molar-refractivity contribution is 6.02. The van der Waals surface area contributed by atoms with Gasteiger partial charge in [-0.2, -0.15) is 0 Å². The molecule has 1 aliphatic carbocycles. The number of rotatable bonds is 2. The molecule has 0 radical (unpaired) electrons. The Labute approximate surface area is 105 Å². The summed E-state index contributed by atoms with van der Waals surface area (Å²) < 4.78 is 5.43. The van der Waals surface area contributed by atoms with Crippen LogP contribution in [-0.2, 0) is 19.1 Å². The molecule has 0 aromatic heterocycles. The van der Waals surface area contributed by atoms with Gasteiger partial charge < -0.3 is 9.64 Å². The number of hydrogen-bond acceptors (Lipinski definition) is 4. The number of nitrogens with one attached hydrogen (secondary N) is 1. The molecule has 18 heavy (non-hydrogen) atoms. The van der Waals surface area contributed by atoms with E-state index in [0.29, 0.717) is 6.54 Å². The molecule has 0 aromatic rings. The summed E-state index contributed by atoms with van der Waals surface area (Å²) in [5.74, 6) is -1.26. The van der Waals surface area contributed by atoms with Crippen molar-refractivity contribution in [1.82, 2.24) is 10.2 Å². The van der Waals surface area contributed by atoms with Gasteiger partial charge in [-0.15, -0.1) is 0 Å². The van der Waals surface area contributed by atoms with Gasteiger partial charge in [0, 0.05) is 26.0 Å². The summed E-state index contributed by atoms with van der Waals surface area (Å²) in [6.07, 6.45) is 1.99. The molecule has 4 fully saturated rings. The van der Waals surface area contributed by atoms with Gasteiger partial charge in [0.2, 0.25) is 17.7 Å². The maximum absolute atomic E-state index is 12.3. The Morgan fingerprint density at radius 1 is 1.33 bits per heavy atom. The number of hydrogen-bond donors (Lipinski definition) is 1. The number of ether oxygens (including phenoxy) is 1. The van der Waals surface area contributed by atoms with Gasteiger partial charge in [0.25, 0.3) is 0 Å². The first-order valence-corrected chi connectivity index (χ1v) is 6.21. The molecule has 4 rings (SSSR count). The van der Waals surface area contributed by atoms with E-state index in [-0.39, 0.29) is 42.2 Å². The fourth-order valence-electron chi connectivity index (χ4n) is 3.26. The molecule has 0 aromatic carbocycles. The molecule has 0 spiro atoms. The lowest BCUT2D eigenvalue weighted by molar-refractivity contribution is -0.145. The van der Waals surface area contributed by atoms with Gasteiger partial charge in [-0.1, -0.05) is 0 Å². The predicted molar refractivity (Wildman–Crippen MR) is 60.3 cm³/mol. The fraction of sp³-hybridized carbons (Fsp3) is 0.750. The summed E-state index contributed by atoms with van der Waals surface area (Å²) in [7, 11) is 1.67. The molecule has 4 aliphatic rings. The number of methoxy groups -OCH3 is 1. The van der Waals surface area contributed by atoms with Crippen molar-refractivity contribution < 1.29 is 19.1 Å².